The molecule has 0 fully saturated rings. The Morgan fingerprint density at radius 3 is 2.44 bits per heavy atom. The molecule has 27 heavy (non-hydrogen) atoms. The van der Waals surface area contributed by atoms with Crippen molar-refractivity contribution in [3.8, 4) is 11.5 Å². The van der Waals surface area contributed by atoms with Crippen molar-refractivity contribution < 1.29 is 14.2 Å². The van der Waals surface area contributed by atoms with E-state index in [1.54, 1.807) is 0 Å². The summed E-state index contributed by atoms with van der Waals surface area (Å²) in [6.45, 7) is 8.23. The van der Waals surface area contributed by atoms with Gasteiger partial charge in [-0.15, -0.1) is 0 Å². The zero-order valence-corrected chi connectivity index (χ0v) is 18.2. The Morgan fingerprint density at radius 2 is 1.74 bits per heavy atom. The molecule has 2 aromatic carbocycles. The molecule has 0 bridgehead atoms. The zero-order valence-electron chi connectivity index (χ0n) is 15.9. The molecule has 0 saturated carbocycles. The van der Waals surface area contributed by atoms with E-state index in [2.05, 4.69) is 21.2 Å². The number of ether oxygens (including phenoxy) is 3. The first-order chi connectivity index (χ1) is 13.1. The lowest BCUT2D eigenvalue weighted by molar-refractivity contribution is 0.144. The van der Waals surface area contributed by atoms with Crippen molar-refractivity contribution in [1.29, 1.82) is 0 Å². The molecule has 0 spiro atoms. The fourth-order valence-electron chi connectivity index (χ4n) is 2.50. The predicted molar refractivity (Wildman–Crippen MR) is 114 cm³/mol. The third kappa shape index (κ3) is 7.70. The van der Waals surface area contributed by atoms with Crippen LogP contribution in [-0.2, 0) is 17.9 Å². The standard InChI is InChI=1S/C21H27BrClNO3/c1-3-25-11-5-10-24-14-17-12-20(26-4-2)21(13-19(17)22)27-15-16-6-8-18(23)9-7-16/h6-9,12-13,24H,3-5,10-11,14-15H2,1-2H3. The Kier molecular flexibility index (Phi) is 9.98. The normalized spacial score (nSPS) is 10.8. The molecule has 0 aliphatic rings. The topological polar surface area (TPSA) is 39.7 Å². The highest BCUT2D eigenvalue weighted by Gasteiger charge is 2.11. The van der Waals surface area contributed by atoms with Gasteiger partial charge in [-0.05, 0) is 62.2 Å². The summed E-state index contributed by atoms with van der Waals surface area (Å²) in [7, 11) is 0. The van der Waals surface area contributed by atoms with Crippen LogP contribution in [0.2, 0.25) is 5.02 Å². The van der Waals surface area contributed by atoms with Crippen LogP contribution < -0.4 is 14.8 Å². The Balaban J connectivity index is 1.98. The molecule has 0 heterocycles. The summed E-state index contributed by atoms with van der Waals surface area (Å²) in [5, 5.41) is 4.15. The van der Waals surface area contributed by atoms with E-state index in [0.717, 1.165) is 64.8 Å². The fourth-order valence-corrected chi connectivity index (χ4v) is 3.09. The first-order valence-corrected chi connectivity index (χ1v) is 10.4. The molecule has 0 radical (unpaired) electrons. The van der Waals surface area contributed by atoms with E-state index in [-0.39, 0.29) is 0 Å². The average molecular weight is 457 g/mol. The van der Waals surface area contributed by atoms with Gasteiger partial charge in [-0.1, -0.05) is 39.7 Å². The van der Waals surface area contributed by atoms with Gasteiger partial charge in [0.05, 0.1) is 6.61 Å². The Morgan fingerprint density at radius 1 is 1.00 bits per heavy atom. The van der Waals surface area contributed by atoms with Gasteiger partial charge in [0.1, 0.15) is 6.61 Å². The molecule has 0 saturated heterocycles. The Labute approximate surface area is 175 Å². The van der Waals surface area contributed by atoms with Gasteiger partial charge in [0.15, 0.2) is 11.5 Å². The molecule has 0 unspecified atom stereocenters. The Bertz CT molecular complexity index is 695. The zero-order chi connectivity index (χ0) is 19.5. The summed E-state index contributed by atoms with van der Waals surface area (Å²) in [6.07, 6.45) is 0.992. The van der Waals surface area contributed by atoms with Crippen molar-refractivity contribution >= 4 is 27.5 Å². The molecule has 1 N–H and O–H groups in total. The van der Waals surface area contributed by atoms with E-state index in [1.807, 2.05) is 50.2 Å². The lowest BCUT2D eigenvalue weighted by atomic mass is 10.2. The van der Waals surface area contributed by atoms with Crippen molar-refractivity contribution in [3.63, 3.8) is 0 Å². The number of benzene rings is 2. The van der Waals surface area contributed by atoms with Crippen molar-refractivity contribution in [1.82, 2.24) is 5.32 Å². The van der Waals surface area contributed by atoms with E-state index >= 15 is 0 Å². The van der Waals surface area contributed by atoms with Gasteiger partial charge < -0.3 is 19.5 Å². The van der Waals surface area contributed by atoms with Crippen LogP contribution >= 0.6 is 27.5 Å². The van der Waals surface area contributed by atoms with Gasteiger partial charge >= 0.3 is 0 Å². The molecule has 0 amide bonds. The van der Waals surface area contributed by atoms with E-state index in [4.69, 9.17) is 25.8 Å². The number of halogens is 2. The van der Waals surface area contributed by atoms with Crippen LogP contribution in [-0.4, -0.2) is 26.4 Å². The second kappa shape index (κ2) is 12.2. The summed E-state index contributed by atoms with van der Waals surface area (Å²) < 4.78 is 18.1. The summed E-state index contributed by atoms with van der Waals surface area (Å²) in [4.78, 5) is 0. The van der Waals surface area contributed by atoms with E-state index < -0.39 is 0 Å². The van der Waals surface area contributed by atoms with Crippen molar-refractivity contribution in [2.75, 3.05) is 26.4 Å². The molecule has 4 nitrogen and oxygen atoms in total. The number of rotatable bonds is 12. The van der Waals surface area contributed by atoms with Gasteiger partial charge in [-0.25, -0.2) is 0 Å². The molecule has 148 valence electrons. The summed E-state index contributed by atoms with van der Waals surface area (Å²) >= 11 is 9.58. The summed E-state index contributed by atoms with van der Waals surface area (Å²) in [6, 6.07) is 11.6. The minimum absolute atomic E-state index is 0.457. The lowest BCUT2D eigenvalue weighted by Crippen LogP contribution is -2.17. The van der Waals surface area contributed by atoms with Crippen LogP contribution in [0.1, 0.15) is 31.4 Å². The molecule has 0 aliphatic carbocycles. The molecule has 0 atom stereocenters. The summed E-state index contributed by atoms with van der Waals surface area (Å²) in [5.41, 5.74) is 2.19. The van der Waals surface area contributed by atoms with Crippen LogP contribution in [0.25, 0.3) is 0 Å². The smallest absolute Gasteiger partial charge is 0.162 e. The number of hydrogen-bond acceptors (Lipinski definition) is 4. The molecular weight excluding hydrogens is 430 g/mol. The van der Waals surface area contributed by atoms with Crippen LogP contribution in [0.4, 0.5) is 0 Å². The van der Waals surface area contributed by atoms with Gasteiger partial charge in [0.25, 0.3) is 0 Å². The van der Waals surface area contributed by atoms with E-state index in [0.29, 0.717) is 13.2 Å². The molecular formula is C21H27BrClNO3. The van der Waals surface area contributed by atoms with E-state index in [1.165, 1.54) is 0 Å². The highest BCUT2D eigenvalue weighted by molar-refractivity contribution is 9.10. The second-order valence-electron chi connectivity index (χ2n) is 5.97. The summed E-state index contributed by atoms with van der Waals surface area (Å²) in [5.74, 6) is 1.47. The maximum Gasteiger partial charge on any atom is 0.162 e. The monoisotopic (exact) mass is 455 g/mol. The van der Waals surface area contributed by atoms with Gasteiger partial charge in [-0.2, -0.15) is 0 Å². The highest BCUT2D eigenvalue weighted by Crippen LogP contribution is 2.34. The Hall–Kier alpha value is -1.27. The van der Waals surface area contributed by atoms with Gasteiger partial charge in [0, 0.05) is 29.3 Å². The highest BCUT2D eigenvalue weighted by atomic mass is 79.9. The maximum absolute atomic E-state index is 5.99. The van der Waals surface area contributed by atoms with Gasteiger partial charge in [-0.3, -0.25) is 0 Å². The molecule has 2 aromatic rings. The number of hydrogen-bond donors (Lipinski definition) is 1. The number of nitrogens with one attached hydrogen (secondary N) is 1. The van der Waals surface area contributed by atoms with Gasteiger partial charge in [0.2, 0.25) is 0 Å². The molecule has 0 aromatic heterocycles. The average Bonchev–Trinajstić information content (AvgIpc) is 2.67. The van der Waals surface area contributed by atoms with E-state index in [9.17, 15) is 0 Å². The lowest BCUT2D eigenvalue weighted by Gasteiger charge is -2.15. The minimum atomic E-state index is 0.457. The first kappa shape index (κ1) is 22.0. The first-order valence-electron chi connectivity index (χ1n) is 9.25. The third-order valence-corrected chi connectivity index (χ3v) is 4.87. The fraction of sp³-hybridized carbons (Fsp3) is 0.429. The molecule has 0 aliphatic heterocycles. The maximum atomic E-state index is 5.99. The SMILES string of the molecule is CCOCCCNCc1cc(OCC)c(OCc2ccc(Cl)cc2)cc1Br. The van der Waals surface area contributed by atoms with Crippen molar-refractivity contribution in [2.24, 2.45) is 0 Å². The minimum Gasteiger partial charge on any atom is -0.490 e. The van der Waals surface area contributed by atoms with Crippen LogP contribution in [0.3, 0.4) is 0 Å². The predicted octanol–water partition coefficient (Wildman–Crippen LogP) is 5.60. The molecule has 6 heteroatoms. The largest absolute Gasteiger partial charge is 0.490 e. The van der Waals surface area contributed by atoms with Crippen molar-refractivity contribution in [2.45, 2.75) is 33.4 Å². The van der Waals surface area contributed by atoms with Crippen molar-refractivity contribution in [3.05, 3.63) is 57.0 Å². The van der Waals surface area contributed by atoms with Crippen LogP contribution in [0.5, 0.6) is 11.5 Å². The van der Waals surface area contributed by atoms with Crippen LogP contribution in [0.15, 0.2) is 40.9 Å². The quantitative estimate of drug-likeness (QED) is 0.422. The third-order valence-electron chi connectivity index (χ3n) is 3.88. The second-order valence-corrected chi connectivity index (χ2v) is 7.26. The molecule has 2 rings (SSSR count). The van der Waals surface area contributed by atoms with Crippen LogP contribution in [0, 0.1) is 0 Å².